The van der Waals surface area contributed by atoms with Gasteiger partial charge in [-0.25, -0.2) is 0 Å². The number of rotatable bonds is 9. The number of piperazine rings is 1. The normalized spacial score (nSPS) is 13.9. The van der Waals surface area contributed by atoms with Crippen molar-refractivity contribution in [2.24, 2.45) is 0 Å². The molecule has 0 amide bonds. The lowest BCUT2D eigenvalue weighted by Gasteiger charge is -2.36. The highest BCUT2D eigenvalue weighted by Gasteiger charge is 2.23. The molecule has 4 aromatic rings. The molecule has 0 spiro atoms. The molecule has 0 atom stereocenters. The summed E-state index contributed by atoms with van der Waals surface area (Å²) in [5.41, 5.74) is 3.47. The molecule has 1 saturated heterocycles. The Hall–Kier alpha value is -4.10. The van der Waals surface area contributed by atoms with Crippen LogP contribution >= 0.6 is 0 Å². The molecule has 0 unspecified atom stereocenters. The topological polar surface area (TPSA) is 59.8 Å². The summed E-state index contributed by atoms with van der Waals surface area (Å²) in [6.07, 6.45) is 1.76. The number of hydrogen-bond donors (Lipinski definition) is 0. The molecule has 0 radical (unpaired) electrons. The van der Waals surface area contributed by atoms with Crippen molar-refractivity contribution in [2.75, 3.05) is 37.7 Å². The highest BCUT2D eigenvalue weighted by atomic mass is 16.5. The van der Waals surface area contributed by atoms with Gasteiger partial charge in [0.05, 0.1) is 18.5 Å². The van der Waals surface area contributed by atoms with E-state index in [1.165, 1.54) is 10.2 Å². The van der Waals surface area contributed by atoms with Crippen LogP contribution in [-0.4, -0.2) is 47.5 Å². The lowest BCUT2D eigenvalue weighted by molar-refractivity contribution is 0.247. The van der Waals surface area contributed by atoms with Gasteiger partial charge in [0.15, 0.2) is 0 Å². The largest absolute Gasteiger partial charge is 0.494 e. The van der Waals surface area contributed by atoms with E-state index in [0.717, 1.165) is 49.7 Å². The van der Waals surface area contributed by atoms with Crippen LogP contribution in [0.2, 0.25) is 0 Å². The van der Waals surface area contributed by atoms with Crippen LogP contribution < -0.4 is 19.9 Å². The third kappa shape index (κ3) is 6.01. The minimum atomic E-state index is -0.253. The molecule has 1 aromatic heterocycles. The van der Waals surface area contributed by atoms with Gasteiger partial charge in [0.2, 0.25) is 5.75 Å². The van der Waals surface area contributed by atoms with E-state index >= 15 is 0 Å². The van der Waals surface area contributed by atoms with Gasteiger partial charge in [-0.05, 0) is 42.3 Å². The zero-order chi connectivity index (χ0) is 25.5. The number of ether oxygens (including phenoxy) is 2. The molecule has 7 nitrogen and oxygen atoms in total. The molecule has 1 fully saturated rings. The van der Waals surface area contributed by atoms with E-state index in [4.69, 9.17) is 9.47 Å². The lowest BCUT2D eigenvalue weighted by Crippen LogP contribution is -2.46. The Morgan fingerprint density at radius 3 is 2.14 bits per heavy atom. The monoisotopic (exact) mass is 496 g/mol. The number of aromatic nitrogens is 2. The van der Waals surface area contributed by atoms with Crippen molar-refractivity contribution in [1.29, 1.82) is 0 Å². The summed E-state index contributed by atoms with van der Waals surface area (Å²) in [6, 6.07) is 27.7. The van der Waals surface area contributed by atoms with Gasteiger partial charge >= 0.3 is 5.56 Å². The van der Waals surface area contributed by atoms with Crippen molar-refractivity contribution < 1.29 is 9.47 Å². The Morgan fingerprint density at radius 1 is 0.784 bits per heavy atom. The SMILES string of the molecule is CCOc1ccc(CN2CCN(c3cnn(-c4ccccc4)c(=O)c3OCc3ccccc3)CC2)cc1. The van der Waals surface area contributed by atoms with Gasteiger partial charge in [-0.15, -0.1) is 0 Å². The van der Waals surface area contributed by atoms with Crippen LogP contribution in [0.15, 0.2) is 95.9 Å². The summed E-state index contributed by atoms with van der Waals surface area (Å²) >= 11 is 0. The molecule has 5 rings (SSSR count). The average Bonchev–Trinajstić information content (AvgIpc) is 2.95. The number of nitrogens with zero attached hydrogens (tertiary/aromatic N) is 4. The quantitative estimate of drug-likeness (QED) is 0.339. The molecule has 1 aliphatic rings. The molecular weight excluding hydrogens is 464 g/mol. The molecule has 0 bridgehead atoms. The van der Waals surface area contributed by atoms with E-state index in [-0.39, 0.29) is 5.56 Å². The minimum Gasteiger partial charge on any atom is -0.494 e. The second-order valence-corrected chi connectivity index (χ2v) is 9.03. The zero-order valence-corrected chi connectivity index (χ0v) is 21.1. The number of benzene rings is 3. The molecule has 190 valence electrons. The predicted molar refractivity (Wildman–Crippen MR) is 146 cm³/mol. The summed E-state index contributed by atoms with van der Waals surface area (Å²) in [5, 5.41) is 4.51. The van der Waals surface area contributed by atoms with Crippen LogP contribution in [-0.2, 0) is 13.2 Å². The second-order valence-electron chi connectivity index (χ2n) is 9.03. The maximum atomic E-state index is 13.6. The van der Waals surface area contributed by atoms with Crippen molar-refractivity contribution >= 4 is 5.69 Å². The highest BCUT2D eigenvalue weighted by Crippen LogP contribution is 2.27. The van der Waals surface area contributed by atoms with Crippen LogP contribution in [0.5, 0.6) is 11.5 Å². The standard InChI is InChI=1S/C30H32N4O3/c1-2-36-27-15-13-24(14-16-27)22-32-17-19-33(20-18-32)28-21-31-34(26-11-7-4-8-12-26)30(35)29(28)37-23-25-9-5-3-6-10-25/h3-16,21H,2,17-20,22-23H2,1H3. The third-order valence-corrected chi connectivity index (χ3v) is 6.50. The molecule has 0 saturated carbocycles. The summed E-state index contributed by atoms with van der Waals surface area (Å²) in [4.78, 5) is 18.2. The van der Waals surface area contributed by atoms with Crippen molar-refractivity contribution in [2.45, 2.75) is 20.1 Å². The minimum absolute atomic E-state index is 0.253. The van der Waals surface area contributed by atoms with E-state index in [1.807, 2.05) is 79.7 Å². The predicted octanol–water partition coefficient (Wildman–Crippen LogP) is 4.53. The summed E-state index contributed by atoms with van der Waals surface area (Å²) in [7, 11) is 0. The first-order valence-electron chi connectivity index (χ1n) is 12.7. The Kier molecular flexibility index (Phi) is 7.81. The zero-order valence-electron chi connectivity index (χ0n) is 21.1. The van der Waals surface area contributed by atoms with Crippen LogP contribution in [0.4, 0.5) is 5.69 Å². The highest BCUT2D eigenvalue weighted by molar-refractivity contribution is 5.57. The van der Waals surface area contributed by atoms with Crippen LogP contribution in [0.25, 0.3) is 5.69 Å². The molecule has 3 aromatic carbocycles. The van der Waals surface area contributed by atoms with Crippen molar-refractivity contribution in [3.8, 4) is 17.2 Å². The molecule has 7 heteroatoms. The maximum Gasteiger partial charge on any atom is 0.316 e. The van der Waals surface area contributed by atoms with E-state index in [9.17, 15) is 4.79 Å². The Bertz CT molecular complexity index is 1330. The van der Waals surface area contributed by atoms with Crippen molar-refractivity contribution in [3.05, 3.63) is 113 Å². The van der Waals surface area contributed by atoms with E-state index in [0.29, 0.717) is 24.7 Å². The number of anilines is 1. The lowest BCUT2D eigenvalue weighted by atomic mass is 10.2. The summed E-state index contributed by atoms with van der Waals surface area (Å²) < 4.78 is 13.1. The Balaban J connectivity index is 1.33. The molecule has 2 heterocycles. The Morgan fingerprint density at radius 2 is 1.46 bits per heavy atom. The molecular formula is C30H32N4O3. The second kappa shape index (κ2) is 11.8. The smallest absolute Gasteiger partial charge is 0.316 e. The van der Waals surface area contributed by atoms with Gasteiger partial charge in [-0.2, -0.15) is 9.78 Å². The number of hydrogen-bond acceptors (Lipinski definition) is 6. The maximum absolute atomic E-state index is 13.6. The third-order valence-electron chi connectivity index (χ3n) is 6.50. The van der Waals surface area contributed by atoms with Crippen molar-refractivity contribution in [1.82, 2.24) is 14.7 Å². The van der Waals surface area contributed by atoms with Crippen LogP contribution in [0.1, 0.15) is 18.1 Å². The fourth-order valence-corrected chi connectivity index (χ4v) is 4.54. The van der Waals surface area contributed by atoms with Gasteiger partial charge in [-0.1, -0.05) is 60.7 Å². The molecule has 0 aliphatic carbocycles. The Labute approximate surface area is 217 Å². The van der Waals surface area contributed by atoms with Gasteiger partial charge < -0.3 is 14.4 Å². The summed E-state index contributed by atoms with van der Waals surface area (Å²) in [5.74, 6) is 1.24. The first kappa shape index (κ1) is 24.6. The average molecular weight is 497 g/mol. The molecule has 1 aliphatic heterocycles. The van der Waals surface area contributed by atoms with E-state index < -0.39 is 0 Å². The fourth-order valence-electron chi connectivity index (χ4n) is 4.54. The van der Waals surface area contributed by atoms with Crippen LogP contribution in [0, 0.1) is 0 Å². The first-order valence-corrected chi connectivity index (χ1v) is 12.7. The molecule has 0 N–H and O–H groups in total. The van der Waals surface area contributed by atoms with Gasteiger partial charge in [0.25, 0.3) is 0 Å². The van der Waals surface area contributed by atoms with Crippen molar-refractivity contribution in [3.63, 3.8) is 0 Å². The number of para-hydroxylation sites is 1. The first-order chi connectivity index (χ1) is 18.2. The van der Waals surface area contributed by atoms with E-state index in [1.54, 1.807) is 6.20 Å². The summed E-state index contributed by atoms with van der Waals surface area (Å²) in [6.45, 7) is 7.20. The fraction of sp³-hybridized carbons (Fsp3) is 0.267. The van der Waals surface area contributed by atoms with Gasteiger partial charge in [0.1, 0.15) is 18.0 Å². The van der Waals surface area contributed by atoms with Gasteiger partial charge in [0, 0.05) is 32.7 Å². The van der Waals surface area contributed by atoms with Gasteiger partial charge in [-0.3, -0.25) is 9.69 Å². The van der Waals surface area contributed by atoms with E-state index in [2.05, 4.69) is 27.0 Å². The molecule has 37 heavy (non-hydrogen) atoms. The van der Waals surface area contributed by atoms with Crippen LogP contribution in [0.3, 0.4) is 0 Å².